The monoisotopic (exact) mass is 502 g/mol. The van der Waals surface area contributed by atoms with E-state index in [2.05, 4.69) is 0 Å². The van der Waals surface area contributed by atoms with Crippen molar-refractivity contribution in [3.05, 3.63) is 84.8 Å². The van der Waals surface area contributed by atoms with Gasteiger partial charge in [0.2, 0.25) is 0 Å². The van der Waals surface area contributed by atoms with Crippen LogP contribution in [0.25, 0.3) is 0 Å². The van der Waals surface area contributed by atoms with Gasteiger partial charge < -0.3 is 24.2 Å². The summed E-state index contributed by atoms with van der Waals surface area (Å²) in [5.41, 5.74) is 2.16. The maximum absolute atomic E-state index is 14.1. The number of furan rings is 1. The van der Waals surface area contributed by atoms with Crippen LogP contribution in [-0.4, -0.2) is 69.1 Å². The van der Waals surface area contributed by atoms with E-state index < -0.39 is 24.1 Å². The van der Waals surface area contributed by atoms with Crippen LogP contribution in [0.3, 0.4) is 0 Å². The largest absolute Gasteiger partial charge is 0.480 e. The maximum atomic E-state index is 14.1. The lowest BCUT2D eigenvalue weighted by Gasteiger charge is -2.47. The minimum Gasteiger partial charge on any atom is -0.480 e. The van der Waals surface area contributed by atoms with Crippen LogP contribution in [-0.2, 0) is 11.3 Å². The predicted octanol–water partition coefficient (Wildman–Crippen LogP) is 4.78. The van der Waals surface area contributed by atoms with E-state index in [0.717, 1.165) is 5.56 Å². The number of hydrogen-bond donors (Lipinski definition) is 1. The van der Waals surface area contributed by atoms with Crippen molar-refractivity contribution in [2.75, 3.05) is 18.0 Å². The van der Waals surface area contributed by atoms with E-state index >= 15 is 0 Å². The van der Waals surface area contributed by atoms with Gasteiger partial charge in [0, 0.05) is 18.7 Å². The molecule has 9 heteroatoms. The van der Waals surface area contributed by atoms with Crippen LogP contribution < -0.4 is 4.90 Å². The highest BCUT2D eigenvalue weighted by atomic mass is 16.4. The van der Waals surface area contributed by atoms with Crippen LogP contribution in [0.15, 0.2) is 83.7 Å². The van der Waals surface area contributed by atoms with E-state index in [1.165, 1.54) is 4.90 Å². The lowest BCUT2D eigenvalue weighted by atomic mass is 10.0. The molecule has 0 radical (unpaired) electrons. The first-order chi connectivity index (χ1) is 18.0. The highest BCUT2D eigenvalue weighted by Gasteiger charge is 2.54. The summed E-state index contributed by atoms with van der Waals surface area (Å²) in [6.45, 7) is 2.89. The quantitative estimate of drug-likeness (QED) is 0.523. The molecule has 0 spiro atoms. The average molecular weight is 503 g/mol. The van der Waals surface area contributed by atoms with Crippen LogP contribution in [0.4, 0.5) is 21.0 Å². The Morgan fingerprint density at radius 2 is 1.59 bits per heavy atom. The normalized spacial score (nSPS) is 20.5. The molecular weight excluding hydrogens is 472 g/mol. The molecule has 3 aromatic rings. The number of carboxylic acid groups (broad SMARTS) is 1. The van der Waals surface area contributed by atoms with Gasteiger partial charge in [0.05, 0.1) is 42.5 Å². The number of carboxylic acids is 1. The van der Waals surface area contributed by atoms with Crippen molar-refractivity contribution in [3.8, 4) is 0 Å². The van der Waals surface area contributed by atoms with Crippen molar-refractivity contribution in [2.24, 2.45) is 0 Å². The number of carbonyl (C=O) groups excluding carboxylic acids is 2. The molecule has 2 aliphatic heterocycles. The van der Waals surface area contributed by atoms with E-state index in [9.17, 15) is 19.5 Å². The van der Waals surface area contributed by atoms with Crippen molar-refractivity contribution >= 4 is 29.4 Å². The number of rotatable bonds is 6. The van der Waals surface area contributed by atoms with Crippen LogP contribution in [0.5, 0.6) is 0 Å². The SMILES string of the molecule is CCN(Cc1ccoc1)C(=O)N1[C@H]2CC[C@H]1[C@@H](C(=O)O)N(C(=O)N(c1ccccc1)c1ccccc1)C2. The zero-order valence-electron chi connectivity index (χ0n) is 20.6. The van der Waals surface area contributed by atoms with Gasteiger partial charge in [-0.15, -0.1) is 0 Å². The summed E-state index contributed by atoms with van der Waals surface area (Å²) in [6, 6.07) is 17.5. The molecular formula is C28H30N4O5. The molecule has 0 aliphatic carbocycles. The number of amides is 4. The third-order valence-corrected chi connectivity index (χ3v) is 7.20. The number of para-hydroxylation sites is 2. The number of fused-ring (bicyclic) bond motifs is 2. The molecule has 2 fully saturated rings. The first-order valence-corrected chi connectivity index (χ1v) is 12.5. The molecule has 3 atom stereocenters. The molecule has 0 unspecified atom stereocenters. The summed E-state index contributed by atoms with van der Waals surface area (Å²) in [5, 5.41) is 10.3. The summed E-state index contributed by atoms with van der Waals surface area (Å²) in [7, 11) is 0. The topological polar surface area (TPSA) is 97.5 Å². The summed E-state index contributed by atoms with van der Waals surface area (Å²) >= 11 is 0. The molecule has 2 bridgehead atoms. The van der Waals surface area contributed by atoms with Crippen molar-refractivity contribution < 1.29 is 23.9 Å². The fourth-order valence-electron chi connectivity index (χ4n) is 5.48. The van der Waals surface area contributed by atoms with E-state index in [4.69, 9.17) is 4.42 Å². The lowest BCUT2D eigenvalue weighted by Crippen LogP contribution is -2.67. The van der Waals surface area contributed by atoms with E-state index in [1.54, 1.807) is 27.2 Å². The van der Waals surface area contributed by atoms with Crippen LogP contribution in [0.1, 0.15) is 25.3 Å². The number of carbonyl (C=O) groups is 3. The van der Waals surface area contributed by atoms with Crippen molar-refractivity contribution in [3.63, 3.8) is 0 Å². The Hall–Kier alpha value is -4.27. The second kappa shape index (κ2) is 10.4. The zero-order chi connectivity index (χ0) is 25.9. The number of piperazine rings is 1. The molecule has 1 N–H and O–H groups in total. The molecule has 9 nitrogen and oxygen atoms in total. The third-order valence-electron chi connectivity index (χ3n) is 7.20. The van der Waals surface area contributed by atoms with Crippen molar-refractivity contribution in [1.29, 1.82) is 0 Å². The van der Waals surface area contributed by atoms with Gasteiger partial charge in [-0.1, -0.05) is 36.4 Å². The average Bonchev–Trinajstić information content (AvgIpc) is 3.54. The Kier molecular flexibility index (Phi) is 6.85. The fraction of sp³-hybridized carbons (Fsp3) is 0.321. The van der Waals surface area contributed by atoms with Crippen LogP contribution in [0.2, 0.25) is 0 Å². The second-order valence-electron chi connectivity index (χ2n) is 9.36. The van der Waals surface area contributed by atoms with Gasteiger partial charge in [0.1, 0.15) is 0 Å². The summed E-state index contributed by atoms with van der Waals surface area (Å²) in [6.07, 6.45) is 4.33. The summed E-state index contributed by atoms with van der Waals surface area (Å²) in [4.78, 5) is 46.7. The van der Waals surface area contributed by atoms with Crippen LogP contribution in [0, 0.1) is 0 Å². The molecule has 37 heavy (non-hydrogen) atoms. The highest BCUT2D eigenvalue weighted by molar-refractivity contribution is 6.01. The number of benzene rings is 2. The number of anilines is 2. The number of nitrogens with zero attached hydrogens (tertiary/aromatic N) is 4. The Balaban J connectivity index is 1.45. The summed E-state index contributed by atoms with van der Waals surface area (Å²) in [5.74, 6) is -1.12. The summed E-state index contributed by atoms with van der Waals surface area (Å²) < 4.78 is 5.15. The van der Waals surface area contributed by atoms with Gasteiger partial charge >= 0.3 is 18.0 Å². The van der Waals surface area contributed by atoms with Gasteiger partial charge in [-0.05, 0) is 50.1 Å². The Labute approximate surface area is 215 Å². The van der Waals surface area contributed by atoms with Gasteiger partial charge in [-0.2, -0.15) is 0 Å². The molecule has 5 rings (SSSR count). The predicted molar refractivity (Wildman–Crippen MR) is 137 cm³/mol. The van der Waals surface area contributed by atoms with Gasteiger partial charge in [0.15, 0.2) is 6.04 Å². The Bertz CT molecular complexity index is 1190. The van der Waals surface area contributed by atoms with Crippen molar-refractivity contribution in [1.82, 2.24) is 14.7 Å². The third kappa shape index (κ3) is 4.64. The number of aliphatic carboxylic acids is 1. The Morgan fingerprint density at radius 3 is 2.14 bits per heavy atom. The number of hydrogen-bond acceptors (Lipinski definition) is 4. The van der Waals surface area contributed by atoms with Gasteiger partial charge in [-0.25, -0.2) is 14.4 Å². The highest BCUT2D eigenvalue weighted by Crippen LogP contribution is 2.38. The fourth-order valence-corrected chi connectivity index (χ4v) is 5.48. The standard InChI is InChI=1S/C28H30N4O5/c1-2-29(17-20-15-16-37-19-20)27(35)32-23-13-14-24(32)25(26(33)34)30(18-23)28(36)31(21-9-5-3-6-10-21)22-11-7-4-8-12-22/h3-12,15-16,19,23-25H,2,13-14,17-18H2,1H3,(H,33,34)/t23-,24-,25-/m0/s1. The maximum Gasteiger partial charge on any atom is 0.329 e. The first-order valence-electron chi connectivity index (χ1n) is 12.5. The Morgan fingerprint density at radius 1 is 0.946 bits per heavy atom. The van der Waals surface area contributed by atoms with E-state index in [0.29, 0.717) is 37.3 Å². The minimum absolute atomic E-state index is 0.150. The number of urea groups is 2. The van der Waals surface area contributed by atoms with Crippen LogP contribution >= 0.6 is 0 Å². The lowest BCUT2D eigenvalue weighted by molar-refractivity contribution is -0.145. The minimum atomic E-state index is -1.15. The smallest absolute Gasteiger partial charge is 0.329 e. The molecule has 192 valence electrons. The molecule has 2 saturated heterocycles. The number of likely N-dealkylation sites (tertiary alicyclic amines) is 1. The van der Waals surface area contributed by atoms with Gasteiger partial charge in [-0.3, -0.25) is 4.90 Å². The molecule has 2 aliphatic rings. The second-order valence-corrected chi connectivity index (χ2v) is 9.36. The molecule has 0 saturated carbocycles. The van der Waals surface area contributed by atoms with Crippen molar-refractivity contribution in [2.45, 2.75) is 44.4 Å². The molecule has 3 heterocycles. The first kappa shape index (κ1) is 24.4. The van der Waals surface area contributed by atoms with E-state index in [-0.39, 0.29) is 18.6 Å². The van der Waals surface area contributed by atoms with Gasteiger partial charge in [0.25, 0.3) is 0 Å². The van der Waals surface area contributed by atoms with E-state index in [1.807, 2.05) is 73.7 Å². The molecule has 2 aromatic carbocycles. The molecule has 1 aromatic heterocycles. The molecule has 4 amide bonds. The zero-order valence-corrected chi connectivity index (χ0v) is 20.6.